The van der Waals surface area contributed by atoms with E-state index in [4.69, 9.17) is 14.2 Å². The summed E-state index contributed by atoms with van der Waals surface area (Å²) in [5.41, 5.74) is 0. The van der Waals surface area contributed by atoms with E-state index in [0.29, 0.717) is 19.3 Å². The molecule has 1 saturated carbocycles. The molecule has 0 aromatic carbocycles. The van der Waals surface area contributed by atoms with Crippen molar-refractivity contribution in [3.8, 4) is 0 Å². The molecule has 1 rings (SSSR count). The van der Waals surface area contributed by atoms with Crippen molar-refractivity contribution in [3.05, 3.63) is 0 Å². The molecule has 0 spiro atoms. The van der Waals surface area contributed by atoms with Crippen molar-refractivity contribution in [1.29, 1.82) is 0 Å². The van der Waals surface area contributed by atoms with E-state index in [2.05, 4.69) is 19.2 Å². The lowest BCUT2D eigenvalue weighted by atomic mass is 9.85. The standard InChI is InChI=1S/C13H27NO3/c1-4-6-14-11-10-12(16-7-5-2)13(11)17-9-8-15-3/h11-14H,4-10H2,1-3H3. The van der Waals surface area contributed by atoms with Crippen molar-refractivity contribution in [1.82, 2.24) is 5.32 Å². The Balaban J connectivity index is 2.25. The molecular weight excluding hydrogens is 218 g/mol. The van der Waals surface area contributed by atoms with Crippen molar-refractivity contribution >= 4 is 0 Å². The molecule has 0 radical (unpaired) electrons. The van der Waals surface area contributed by atoms with Gasteiger partial charge >= 0.3 is 0 Å². The van der Waals surface area contributed by atoms with Crippen LogP contribution in [-0.2, 0) is 14.2 Å². The van der Waals surface area contributed by atoms with Gasteiger partial charge < -0.3 is 19.5 Å². The fraction of sp³-hybridized carbons (Fsp3) is 1.00. The second-order valence-corrected chi connectivity index (χ2v) is 4.53. The van der Waals surface area contributed by atoms with E-state index in [0.717, 1.165) is 32.4 Å². The number of hydrogen-bond acceptors (Lipinski definition) is 4. The Hall–Kier alpha value is -0.160. The smallest absolute Gasteiger partial charge is 0.0991 e. The van der Waals surface area contributed by atoms with Crippen LogP contribution in [0.2, 0.25) is 0 Å². The normalized spacial score (nSPS) is 28.1. The van der Waals surface area contributed by atoms with Gasteiger partial charge in [-0.2, -0.15) is 0 Å². The second kappa shape index (κ2) is 8.86. The van der Waals surface area contributed by atoms with Gasteiger partial charge in [-0.15, -0.1) is 0 Å². The molecule has 0 saturated heterocycles. The van der Waals surface area contributed by atoms with Gasteiger partial charge in [-0.3, -0.25) is 0 Å². The van der Waals surface area contributed by atoms with Crippen molar-refractivity contribution in [2.75, 3.05) is 33.5 Å². The van der Waals surface area contributed by atoms with Gasteiger partial charge in [0.25, 0.3) is 0 Å². The fourth-order valence-corrected chi connectivity index (χ4v) is 2.03. The molecule has 1 aliphatic carbocycles. The number of methoxy groups -OCH3 is 1. The number of ether oxygens (including phenoxy) is 3. The maximum absolute atomic E-state index is 5.83. The van der Waals surface area contributed by atoms with E-state index in [1.54, 1.807) is 7.11 Å². The lowest BCUT2D eigenvalue weighted by Crippen LogP contribution is -2.60. The van der Waals surface area contributed by atoms with Crippen LogP contribution >= 0.6 is 0 Å². The zero-order valence-electron chi connectivity index (χ0n) is 11.4. The molecule has 0 aromatic rings. The van der Waals surface area contributed by atoms with Gasteiger partial charge in [-0.05, 0) is 25.8 Å². The highest BCUT2D eigenvalue weighted by atomic mass is 16.6. The monoisotopic (exact) mass is 245 g/mol. The van der Waals surface area contributed by atoms with E-state index in [-0.39, 0.29) is 12.2 Å². The summed E-state index contributed by atoms with van der Waals surface area (Å²) in [4.78, 5) is 0. The van der Waals surface area contributed by atoms with Gasteiger partial charge in [-0.25, -0.2) is 0 Å². The highest BCUT2D eigenvalue weighted by Gasteiger charge is 2.42. The zero-order chi connectivity index (χ0) is 12.5. The van der Waals surface area contributed by atoms with Crippen LogP contribution in [0.1, 0.15) is 33.1 Å². The minimum absolute atomic E-state index is 0.197. The Morgan fingerprint density at radius 1 is 1.06 bits per heavy atom. The first kappa shape index (κ1) is 14.9. The molecular formula is C13H27NO3. The quantitative estimate of drug-likeness (QED) is 0.593. The summed E-state index contributed by atoms with van der Waals surface area (Å²) in [6, 6.07) is 0.452. The minimum atomic E-state index is 0.197. The van der Waals surface area contributed by atoms with Gasteiger partial charge in [0.1, 0.15) is 0 Å². The third-order valence-corrected chi connectivity index (χ3v) is 3.04. The largest absolute Gasteiger partial charge is 0.382 e. The number of rotatable bonds is 10. The molecule has 0 aromatic heterocycles. The minimum Gasteiger partial charge on any atom is -0.382 e. The lowest BCUT2D eigenvalue weighted by molar-refractivity contribution is -0.151. The molecule has 0 amide bonds. The van der Waals surface area contributed by atoms with Gasteiger partial charge in [0.2, 0.25) is 0 Å². The average molecular weight is 245 g/mol. The highest BCUT2D eigenvalue weighted by Crippen LogP contribution is 2.27. The van der Waals surface area contributed by atoms with E-state index < -0.39 is 0 Å². The Bertz CT molecular complexity index is 176. The summed E-state index contributed by atoms with van der Waals surface area (Å²) in [6.07, 6.45) is 3.75. The summed E-state index contributed by atoms with van der Waals surface area (Å²) in [7, 11) is 1.70. The molecule has 0 bridgehead atoms. The van der Waals surface area contributed by atoms with Crippen molar-refractivity contribution in [3.63, 3.8) is 0 Å². The van der Waals surface area contributed by atoms with Crippen LogP contribution in [-0.4, -0.2) is 51.7 Å². The summed E-state index contributed by atoms with van der Waals surface area (Å²) >= 11 is 0. The molecule has 17 heavy (non-hydrogen) atoms. The van der Waals surface area contributed by atoms with E-state index in [1.165, 1.54) is 0 Å². The highest BCUT2D eigenvalue weighted by molar-refractivity contribution is 4.97. The van der Waals surface area contributed by atoms with Crippen LogP contribution in [0.4, 0.5) is 0 Å². The van der Waals surface area contributed by atoms with Gasteiger partial charge in [0.05, 0.1) is 25.4 Å². The Morgan fingerprint density at radius 3 is 2.53 bits per heavy atom. The van der Waals surface area contributed by atoms with Crippen LogP contribution < -0.4 is 5.32 Å². The molecule has 102 valence electrons. The molecule has 3 unspecified atom stereocenters. The topological polar surface area (TPSA) is 39.7 Å². The molecule has 0 heterocycles. The molecule has 0 aliphatic heterocycles. The van der Waals surface area contributed by atoms with Crippen LogP contribution in [0.25, 0.3) is 0 Å². The van der Waals surface area contributed by atoms with E-state index in [1.807, 2.05) is 0 Å². The Morgan fingerprint density at radius 2 is 1.88 bits per heavy atom. The van der Waals surface area contributed by atoms with E-state index >= 15 is 0 Å². The first-order chi connectivity index (χ1) is 8.33. The Kier molecular flexibility index (Phi) is 7.77. The van der Waals surface area contributed by atoms with Gasteiger partial charge in [0.15, 0.2) is 0 Å². The van der Waals surface area contributed by atoms with Gasteiger partial charge in [-0.1, -0.05) is 13.8 Å². The lowest BCUT2D eigenvalue weighted by Gasteiger charge is -2.44. The molecule has 3 atom stereocenters. The predicted molar refractivity (Wildman–Crippen MR) is 68.3 cm³/mol. The van der Waals surface area contributed by atoms with Gasteiger partial charge in [0, 0.05) is 19.8 Å². The molecule has 1 aliphatic rings. The average Bonchev–Trinajstić information content (AvgIpc) is 2.33. The van der Waals surface area contributed by atoms with Crippen LogP contribution in [0.15, 0.2) is 0 Å². The van der Waals surface area contributed by atoms with Crippen molar-refractivity contribution in [2.24, 2.45) is 0 Å². The second-order valence-electron chi connectivity index (χ2n) is 4.53. The van der Waals surface area contributed by atoms with Crippen molar-refractivity contribution < 1.29 is 14.2 Å². The molecule has 4 heteroatoms. The van der Waals surface area contributed by atoms with E-state index in [9.17, 15) is 0 Å². The number of hydrogen-bond donors (Lipinski definition) is 1. The van der Waals surface area contributed by atoms with Crippen LogP contribution in [0.3, 0.4) is 0 Å². The summed E-state index contributed by atoms with van der Waals surface area (Å²) < 4.78 is 16.6. The molecule has 4 nitrogen and oxygen atoms in total. The first-order valence-corrected chi connectivity index (χ1v) is 6.79. The summed E-state index contributed by atoms with van der Waals surface area (Å²) in [6.45, 7) is 7.49. The molecule has 1 N–H and O–H groups in total. The Labute approximate surface area is 105 Å². The molecule has 1 fully saturated rings. The fourth-order valence-electron chi connectivity index (χ4n) is 2.03. The predicted octanol–water partition coefficient (Wildman–Crippen LogP) is 1.59. The van der Waals surface area contributed by atoms with Crippen molar-refractivity contribution in [2.45, 2.75) is 51.4 Å². The third-order valence-electron chi connectivity index (χ3n) is 3.04. The maximum atomic E-state index is 5.83. The first-order valence-electron chi connectivity index (χ1n) is 6.79. The zero-order valence-corrected chi connectivity index (χ0v) is 11.4. The van der Waals surface area contributed by atoms with Crippen LogP contribution in [0.5, 0.6) is 0 Å². The SMILES string of the molecule is CCCNC1CC(OCCC)C1OCCOC. The summed E-state index contributed by atoms with van der Waals surface area (Å²) in [5, 5.41) is 3.51. The maximum Gasteiger partial charge on any atom is 0.0991 e. The third kappa shape index (κ3) is 4.92. The summed E-state index contributed by atoms with van der Waals surface area (Å²) in [5.74, 6) is 0. The number of nitrogens with one attached hydrogen (secondary N) is 1. The van der Waals surface area contributed by atoms with Crippen LogP contribution in [0, 0.1) is 0 Å².